The molecule has 0 bridgehead atoms. The normalized spacial score (nSPS) is 10.1. The zero-order valence-corrected chi connectivity index (χ0v) is 16.9. The smallest absolute Gasteiger partial charge is 0.257 e. The summed E-state index contributed by atoms with van der Waals surface area (Å²) in [4.78, 5) is 12.2. The quantitative estimate of drug-likeness (QED) is 0.683. The summed E-state index contributed by atoms with van der Waals surface area (Å²) in [6, 6.07) is 10.2. The van der Waals surface area contributed by atoms with Crippen molar-refractivity contribution in [2.75, 3.05) is 20.8 Å². The van der Waals surface area contributed by atoms with Crippen molar-refractivity contribution in [3.63, 3.8) is 0 Å². The largest absolute Gasteiger partial charge is 0.494 e. The first-order valence-corrected chi connectivity index (χ1v) is 8.99. The molecule has 0 atom stereocenters. The van der Waals surface area contributed by atoms with E-state index in [0.717, 1.165) is 5.56 Å². The van der Waals surface area contributed by atoms with E-state index in [1.165, 1.54) is 7.11 Å². The summed E-state index contributed by atoms with van der Waals surface area (Å²) in [5, 5.41) is 6.28. The highest BCUT2D eigenvalue weighted by Gasteiger charge is 2.12. The molecule has 0 saturated heterocycles. The Bertz CT molecular complexity index is 812. The predicted octanol–water partition coefficient (Wildman–Crippen LogP) is 3.56. The standard InChI is InChI=1S/C19H21ClN2O4S/c1-4-26-14-7-5-12(6-8-14)18(23)22-19(27)21-11-13-9-16(24-2)17(25-3)10-15(13)20/h5-10H,4,11H2,1-3H3,(H2,21,22,23,27). The third-order valence-electron chi connectivity index (χ3n) is 3.65. The molecule has 0 aliphatic carbocycles. The Balaban J connectivity index is 1.95. The van der Waals surface area contributed by atoms with Gasteiger partial charge in [0.15, 0.2) is 16.6 Å². The minimum Gasteiger partial charge on any atom is -0.494 e. The number of benzene rings is 2. The minimum atomic E-state index is -0.311. The van der Waals surface area contributed by atoms with Crippen LogP contribution >= 0.6 is 23.8 Å². The van der Waals surface area contributed by atoms with Gasteiger partial charge in [0.1, 0.15) is 5.75 Å². The van der Waals surface area contributed by atoms with Crippen molar-refractivity contribution in [3.8, 4) is 17.2 Å². The van der Waals surface area contributed by atoms with Gasteiger partial charge in [-0.25, -0.2) is 0 Å². The van der Waals surface area contributed by atoms with Crippen molar-refractivity contribution in [2.24, 2.45) is 0 Å². The molecule has 144 valence electrons. The van der Waals surface area contributed by atoms with Gasteiger partial charge in [-0.15, -0.1) is 0 Å². The molecule has 0 aliphatic heterocycles. The molecular weight excluding hydrogens is 388 g/mol. The second-order valence-electron chi connectivity index (χ2n) is 5.39. The molecule has 0 unspecified atom stereocenters. The maximum absolute atomic E-state index is 12.2. The van der Waals surface area contributed by atoms with Gasteiger partial charge < -0.3 is 19.5 Å². The fourth-order valence-electron chi connectivity index (χ4n) is 2.30. The highest BCUT2D eigenvalue weighted by molar-refractivity contribution is 7.80. The van der Waals surface area contributed by atoms with Crippen molar-refractivity contribution < 1.29 is 19.0 Å². The maximum atomic E-state index is 12.2. The fraction of sp³-hybridized carbons (Fsp3) is 0.263. The molecule has 8 heteroatoms. The molecular formula is C19H21ClN2O4S. The number of carbonyl (C=O) groups is 1. The molecule has 2 rings (SSSR count). The summed E-state index contributed by atoms with van der Waals surface area (Å²) in [7, 11) is 3.09. The van der Waals surface area contributed by atoms with Gasteiger partial charge >= 0.3 is 0 Å². The summed E-state index contributed by atoms with van der Waals surface area (Å²) >= 11 is 11.4. The van der Waals surface area contributed by atoms with Crippen LogP contribution in [0.4, 0.5) is 0 Å². The molecule has 6 nitrogen and oxygen atoms in total. The van der Waals surface area contributed by atoms with Crippen LogP contribution in [0.1, 0.15) is 22.8 Å². The van der Waals surface area contributed by atoms with Gasteiger partial charge in [-0.1, -0.05) is 11.6 Å². The van der Waals surface area contributed by atoms with Crippen LogP contribution in [-0.4, -0.2) is 31.8 Å². The first-order chi connectivity index (χ1) is 13.0. The summed E-state index contributed by atoms with van der Waals surface area (Å²) in [5.41, 5.74) is 1.23. The average molecular weight is 409 g/mol. The number of nitrogens with one attached hydrogen (secondary N) is 2. The summed E-state index contributed by atoms with van der Waals surface area (Å²) in [6.45, 7) is 2.79. The van der Waals surface area contributed by atoms with E-state index in [2.05, 4.69) is 10.6 Å². The van der Waals surface area contributed by atoms with Gasteiger partial charge in [-0.2, -0.15) is 0 Å². The number of thiocarbonyl (C=S) groups is 1. The third-order valence-corrected chi connectivity index (χ3v) is 4.24. The number of ether oxygens (including phenoxy) is 3. The Hall–Kier alpha value is -2.51. The molecule has 0 radical (unpaired) electrons. The van der Waals surface area contributed by atoms with E-state index in [1.807, 2.05) is 6.92 Å². The average Bonchev–Trinajstić information content (AvgIpc) is 2.67. The Labute approximate surface area is 168 Å². The minimum absolute atomic E-state index is 0.194. The Morgan fingerprint density at radius 3 is 2.33 bits per heavy atom. The van der Waals surface area contributed by atoms with E-state index in [1.54, 1.807) is 43.5 Å². The fourth-order valence-corrected chi connectivity index (χ4v) is 2.68. The van der Waals surface area contributed by atoms with Gasteiger partial charge in [0.05, 0.1) is 20.8 Å². The Morgan fingerprint density at radius 2 is 1.74 bits per heavy atom. The Morgan fingerprint density at radius 1 is 1.11 bits per heavy atom. The lowest BCUT2D eigenvalue weighted by Crippen LogP contribution is -2.38. The zero-order chi connectivity index (χ0) is 19.8. The molecule has 2 N–H and O–H groups in total. The number of rotatable bonds is 7. The predicted molar refractivity (Wildman–Crippen MR) is 109 cm³/mol. The lowest BCUT2D eigenvalue weighted by atomic mass is 10.2. The lowest BCUT2D eigenvalue weighted by Gasteiger charge is -2.14. The van der Waals surface area contributed by atoms with Crippen LogP contribution in [0.2, 0.25) is 5.02 Å². The second kappa shape index (κ2) is 9.99. The van der Waals surface area contributed by atoms with Gasteiger partial charge in [0, 0.05) is 23.2 Å². The molecule has 0 aliphatic rings. The van der Waals surface area contributed by atoms with E-state index < -0.39 is 0 Å². The molecule has 27 heavy (non-hydrogen) atoms. The number of hydrogen-bond acceptors (Lipinski definition) is 5. The number of carbonyl (C=O) groups excluding carboxylic acids is 1. The maximum Gasteiger partial charge on any atom is 0.257 e. The van der Waals surface area contributed by atoms with Gasteiger partial charge in [0.25, 0.3) is 5.91 Å². The number of amides is 1. The second-order valence-corrected chi connectivity index (χ2v) is 6.21. The zero-order valence-electron chi connectivity index (χ0n) is 15.3. The van der Waals surface area contributed by atoms with Crippen molar-refractivity contribution in [2.45, 2.75) is 13.5 Å². The SMILES string of the molecule is CCOc1ccc(C(=O)NC(=S)NCc2cc(OC)c(OC)cc2Cl)cc1. The molecule has 2 aromatic rings. The van der Waals surface area contributed by atoms with E-state index in [4.69, 9.17) is 38.0 Å². The van der Waals surface area contributed by atoms with E-state index in [-0.39, 0.29) is 11.0 Å². The van der Waals surface area contributed by atoms with E-state index in [0.29, 0.717) is 41.0 Å². The molecule has 0 heterocycles. The van der Waals surface area contributed by atoms with Crippen LogP contribution < -0.4 is 24.8 Å². The van der Waals surface area contributed by atoms with Gasteiger partial charge in [-0.05, 0) is 55.0 Å². The summed E-state index contributed by atoms with van der Waals surface area (Å²) < 4.78 is 15.8. The first kappa shape index (κ1) is 20.8. The molecule has 0 spiro atoms. The monoisotopic (exact) mass is 408 g/mol. The molecule has 2 aromatic carbocycles. The highest BCUT2D eigenvalue weighted by atomic mass is 35.5. The molecule has 0 aromatic heterocycles. The molecule has 1 amide bonds. The van der Waals surface area contributed by atoms with Crippen LogP contribution in [0.15, 0.2) is 36.4 Å². The lowest BCUT2D eigenvalue weighted by molar-refractivity contribution is 0.0976. The van der Waals surface area contributed by atoms with Crippen LogP contribution in [0.5, 0.6) is 17.2 Å². The van der Waals surface area contributed by atoms with E-state index >= 15 is 0 Å². The topological polar surface area (TPSA) is 68.8 Å². The summed E-state index contributed by atoms with van der Waals surface area (Å²) in [6.07, 6.45) is 0. The van der Waals surface area contributed by atoms with Crippen LogP contribution in [0, 0.1) is 0 Å². The van der Waals surface area contributed by atoms with Crippen LogP contribution in [-0.2, 0) is 6.54 Å². The molecule has 0 saturated carbocycles. The number of halogens is 1. The number of methoxy groups -OCH3 is 2. The Kier molecular flexibility index (Phi) is 7.69. The van der Waals surface area contributed by atoms with Gasteiger partial charge in [-0.3, -0.25) is 10.1 Å². The first-order valence-electron chi connectivity index (χ1n) is 8.21. The van der Waals surface area contributed by atoms with E-state index in [9.17, 15) is 4.79 Å². The van der Waals surface area contributed by atoms with Gasteiger partial charge in [0.2, 0.25) is 0 Å². The number of hydrogen-bond donors (Lipinski definition) is 2. The van der Waals surface area contributed by atoms with Crippen molar-refractivity contribution in [3.05, 3.63) is 52.5 Å². The summed E-state index contributed by atoms with van der Waals surface area (Å²) in [5.74, 6) is 1.49. The van der Waals surface area contributed by atoms with Crippen molar-refractivity contribution >= 4 is 34.8 Å². The van der Waals surface area contributed by atoms with Crippen LogP contribution in [0.3, 0.4) is 0 Å². The van der Waals surface area contributed by atoms with Crippen LogP contribution in [0.25, 0.3) is 0 Å². The van der Waals surface area contributed by atoms with Crippen molar-refractivity contribution in [1.29, 1.82) is 0 Å². The third kappa shape index (κ3) is 5.74. The molecule has 0 fully saturated rings. The highest BCUT2D eigenvalue weighted by Crippen LogP contribution is 2.32. The van der Waals surface area contributed by atoms with Crippen molar-refractivity contribution in [1.82, 2.24) is 10.6 Å².